The number of sulfonamides is 2. The molecule has 1 aromatic heterocycles. The average molecular weight is 477 g/mol. The zero-order valence-corrected chi connectivity index (χ0v) is 20.3. The summed E-state index contributed by atoms with van der Waals surface area (Å²) in [4.78, 5) is 0.347. The first-order valence-electron chi connectivity index (χ1n) is 9.21. The van der Waals surface area contributed by atoms with Gasteiger partial charge in [-0.1, -0.05) is 11.6 Å². The Morgan fingerprint density at radius 2 is 1.14 bits per heavy atom. The highest BCUT2D eigenvalue weighted by molar-refractivity contribution is 7.91. The molecular formula is C19H25ClN2O4S3. The van der Waals surface area contributed by atoms with Crippen molar-refractivity contribution in [1.29, 1.82) is 0 Å². The third-order valence-electron chi connectivity index (χ3n) is 5.87. The van der Waals surface area contributed by atoms with E-state index in [0.29, 0.717) is 9.23 Å². The van der Waals surface area contributed by atoms with Gasteiger partial charge in [0.25, 0.3) is 10.0 Å². The van der Waals surface area contributed by atoms with Gasteiger partial charge in [0, 0.05) is 26.2 Å². The molecule has 1 fully saturated rings. The van der Waals surface area contributed by atoms with Crippen LogP contribution in [-0.4, -0.2) is 51.6 Å². The maximum Gasteiger partial charge on any atom is 0.252 e. The number of benzene rings is 1. The Kier molecular flexibility index (Phi) is 6.22. The lowest BCUT2D eigenvalue weighted by Gasteiger charge is -2.34. The van der Waals surface area contributed by atoms with Crippen molar-refractivity contribution in [3.05, 3.63) is 44.3 Å². The van der Waals surface area contributed by atoms with Gasteiger partial charge in [0.1, 0.15) is 4.21 Å². The van der Waals surface area contributed by atoms with Crippen LogP contribution in [-0.2, 0) is 20.0 Å². The van der Waals surface area contributed by atoms with Gasteiger partial charge in [0.15, 0.2) is 0 Å². The van der Waals surface area contributed by atoms with Crippen LogP contribution in [0, 0.1) is 34.6 Å². The molecule has 0 bridgehead atoms. The van der Waals surface area contributed by atoms with E-state index >= 15 is 0 Å². The fraction of sp³-hybridized carbons (Fsp3) is 0.474. The second kappa shape index (κ2) is 7.94. The molecule has 10 heteroatoms. The van der Waals surface area contributed by atoms with Gasteiger partial charge in [-0.15, -0.1) is 11.3 Å². The van der Waals surface area contributed by atoms with Crippen molar-refractivity contribution in [1.82, 2.24) is 8.61 Å². The zero-order chi connectivity index (χ0) is 21.7. The Bertz CT molecular complexity index is 1130. The highest BCUT2D eigenvalue weighted by Gasteiger charge is 2.36. The van der Waals surface area contributed by atoms with E-state index in [-0.39, 0.29) is 30.4 Å². The van der Waals surface area contributed by atoms with Gasteiger partial charge in [-0.2, -0.15) is 8.61 Å². The first-order chi connectivity index (χ1) is 13.4. The van der Waals surface area contributed by atoms with Crippen LogP contribution < -0.4 is 0 Å². The fourth-order valence-electron chi connectivity index (χ4n) is 3.70. The topological polar surface area (TPSA) is 74.8 Å². The Morgan fingerprint density at radius 1 is 0.724 bits per heavy atom. The Hall–Kier alpha value is -0.970. The van der Waals surface area contributed by atoms with Crippen LogP contribution in [0.15, 0.2) is 21.2 Å². The predicted octanol–water partition coefficient (Wildman–Crippen LogP) is 3.64. The SMILES string of the molecule is Cc1c(C)c(C)c(S(=O)(=O)N2CCN(S(=O)(=O)c3ccc(Cl)s3)CC2)c(C)c1C. The van der Waals surface area contributed by atoms with Crippen molar-refractivity contribution in [2.45, 2.75) is 43.7 Å². The largest absolute Gasteiger partial charge is 0.252 e. The summed E-state index contributed by atoms with van der Waals surface area (Å²) in [6.07, 6.45) is 0. The van der Waals surface area contributed by atoms with Crippen molar-refractivity contribution in [2.24, 2.45) is 0 Å². The zero-order valence-electron chi connectivity index (χ0n) is 17.1. The van der Waals surface area contributed by atoms with Crippen molar-refractivity contribution in [3.63, 3.8) is 0 Å². The summed E-state index contributed by atoms with van der Waals surface area (Å²) in [5.41, 5.74) is 4.57. The summed E-state index contributed by atoms with van der Waals surface area (Å²) in [5, 5.41) is 0. The summed E-state index contributed by atoms with van der Waals surface area (Å²) in [5.74, 6) is 0. The predicted molar refractivity (Wildman–Crippen MR) is 117 cm³/mol. The molecule has 2 aromatic rings. The van der Waals surface area contributed by atoms with Crippen LogP contribution >= 0.6 is 22.9 Å². The first-order valence-corrected chi connectivity index (χ1v) is 13.3. The van der Waals surface area contributed by atoms with Crippen LogP contribution in [0.25, 0.3) is 0 Å². The van der Waals surface area contributed by atoms with E-state index in [9.17, 15) is 16.8 Å². The van der Waals surface area contributed by atoms with Gasteiger partial charge in [0.2, 0.25) is 10.0 Å². The maximum absolute atomic E-state index is 13.4. The van der Waals surface area contributed by atoms with Gasteiger partial charge >= 0.3 is 0 Å². The fourth-order valence-corrected chi connectivity index (χ4v) is 8.74. The van der Waals surface area contributed by atoms with Crippen LogP contribution in [0.1, 0.15) is 27.8 Å². The molecule has 1 saturated heterocycles. The average Bonchev–Trinajstić information content (AvgIpc) is 3.12. The van der Waals surface area contributed by atoms with Crippen molar-refractivity contribution in [2.75, 3.05) is 26.2 Å². The van der Waals surface area contributed by atoms with E-state index in [1.807, 2.05) is 34.6 Å². The molecular weight excluding hydrogens is 452 g/mol. The minimum Gasteiger partial charge on any atom is -0.207 e. The number of thiophene rings is 1. The van der Waals surface area contributed by atoms with Crippen LogP contribution in [0.4, 0.5) is 0 Å². The molecule has 0 amide bonds. The third-order valence-corrected chi connectivity index (χ3v) is 11.6. The molecule has 0 N–H and O–H groups in total. The normalized spacial score (nSPS) is 17.0. The molecule has 3 rings (SSSR count). The van der Waals surface area contributed by atoms with Gasteiger partial charge in [-0.05, 0) is 74.6 Å². The Balaban J connectivity index is 1.88. The minimum atomic E-state index is -3.72. The van der Waals surface area contributed by atoms with E-state index < -0.39 is 20.0 Å². The molecule has 160 valence electrons. The summed E-state index contributed by atoms with van der Waals surface area (Å²) in [6, 6.07) is 3.03. The smallest absolute Gasteiger partial charge is 0.207 e. The van der Waals surface area contributed by atoms with Crippen LogP contribution in [0.5, 0.6) is 0 Å². The van der Waals surface area contributed by atoms with Gasteiger partial charge in [-0.3, -0.25) is 0 Å². The summed E-state index contributed by atoms with van der Waals surface area (Å²) >= 11 is 6.87. The molecule has 29 heavy (non-hydrogen) atoms. The molecule has 1 aliphatic rings. The second-order valence-corrected chi connectivity index (χ2v) is 13.1. The molecule has 0 aliphatic carbocycles. The molecule has 6 nitrogen and oxygen atoms in total. The van der Waals surface area contributed by atoms with E-state index in [0.717, 1.165) is 39.2 Å². The molecule has 0 spiro atoms. The number of hydrogen-bond donors (Lipinski definition) is 0. The van der Waals surface area contributed by atoms with Crippen molar-refractivity contribution >= 4 is 43.0 Å². The molecule has 1 aliphatic heterocycles. The maximum atomic E-state index is 13.4. The lowest BCUT2D eigenvalue weighted by atomic mass is 9.95. The highest BCUT2D eigenvalue weighted by atomic mass is 35.5. The van der Waals surface area contributed by atoms with Gasteiger partial charge in [0.05, 0.1) is 9.23 Å². The summed E-state index contributed by atoms with van der Waals surface area (Å²) in [6.45, 7) is 10.0. The Labute approximate surface area is 182 Å². The van der Waals surface area contributed by atoms with E-state index in [4.69, 9.17) is 11.6 Å². The number of hydrogen-bond acceptors (Lipinski definition) is 5. The summed E-state index contributed by atoms with van der Waals surface area (Å²) < 4.78 is 55.7. The Morgan fingerprint density at radius 3 is 1.55 bits per heavy atom. The monoisotopic (exact) mass is 476 g/mol. The standard InChI is InChI=1S/C19H25ClN2O4S3/c1-12-13(2)15(4)19(16(5)14(12)3)29(25,26)22-10-8-21(9-11-22)28(23,24)18-7-6-17(20)27-18/h6-7H,8-11H2,1-5H3. The summed E-state index contributed by atoms with van der Waals surface area (Å²) in [7, 11) is -7.39. The first kappa shape index (κ1) is 22.7. The van der Waals surface area contributed by atoms with Crippen LogP contribution in [0.3, 0.4) is 0 Å². The minimum absolute atomic E-state index is 0.110. The number of halogens is 1. The second-order valence-electron chi connectivity index (χ2n) is 7.32. The number of nitrogens with zero attached hydrogens (tertiary/aromatic N) is 2. The van der Waals surface area contributed by atoms with E-state index in [2.05, 4.69) is 0 Å². The molecule has 0 atom stereocenters. The molecule has 2 heterocycles. The van der Waals surface area contributed by atoms with E-state index in [1.165, 1.54) is 14.7 Å². The van der Waals surface area contributed by atoms with Crippen molar-refractivity contribution in [3.8, 4) is 0 Å². The number of piperazine rings is 1. The molecule has 0 saturated carbocycles. The third kappa shape index (κ3) is 3.88. The molecule has 0 radical (unpaired) electrons. The lowest BCUT2D eigenvalue weighted by Crippen LogP contribution is -2.50. The van der Waals surface area contributed by atoms with Gasteiger partial charge in [-0.25, -0.2) is 16.8 Å². The molecule has 0 unspecified atom stereocenters. The van der Waals surface area contributed by atoms with E-state index in [1.54, 1.807) is 6.07 Å². The highest BCUT2D eigenvalue weighted by Crippen LogP contribution is 2.33. The molecule has 1 aromatic carbocycles. The lowest BCUT2D eigenvalue weighted by molar-refractivity contribution is 0.273. The van der Waals surface area contributed by atoms with Gasteiger partial charge < -0.3 is 0 Å². The number of rotatable bonds is 4. The van der Waals surface area contributed by atoms with Crippen LogP contribution in [0.2, 0.25) is 4.34 Å². The van der Waals surface area contributed by atoms with Crippen molar-refractivity contribution < 1.29 is 16.8 Å². The quantitative estimate of drug-likeness (QED) is 0.675.